The number of hydrogen-bond acceptors (Lipinski definition) is 3. The van der Waals surface area contributed by atoms with Crippen LogP contribution in [0.5, 0.6) is 0 Å². The zero-order valence-electron chi connectivity index (χ0n) is 12.8. The molecule has 1 saturated carbocycles. The van der Waals surface area contributed by atoms with E-state index in [-0.39, 0.29) is 0 Å². The topological polar surface area (TPSA) is 38.5 Å². The highest BCUT2D eigenvalue weighted by Gasteiger charge is 2.34. The Labute approximate surface area is 118 Å². The summed E-state index contributed by atoms with van der Waals surface area (Å²) in [6.45, 7) is 8.95. The van der Waals surface area contributed by atoms with Crippen molar-refractivity contribution in [2.75, 3.05) is 26.2 Å². The van der Waals surface area contributed by atoms with Crippen molar-refractivity contribution >= 4 is 0 Å². The van der Waals surface area contributed by atoms with Gasteiger partial charge in [0.25, 0.3) is 0 Å². The molecular formula is C16H32N2O. The van der Waals surface area contributed by atoms with E-state index in [1.54, 1.807) is 0 Å². The SMILES string of the molecule is CC1CCCC(C)C1N1CCC(OCCCN)CC1. The van der Waals surface area contributed by atoms with Gasteiger partial charge in [0.1, 0.15) is 0 Å². The van der Waals surface area contributed by atoms with Gasteiger partial charge in [-0.3, -0.25) is 4.90 Å². The van der Waals surface area contributed by atoms with E-state index < -0.39 is 0 Å². The molecular weight excluding hydrogens is 236 g/mol. The minimum Gasteiger partial charge on any atom is -0.378 e. The summed E-state index contributed by atoms with van der Waals surface area (Å²) < 4.78 is 5.91. The molecule has 2 atom stereocenters. The molecule has 19 heavy (non-hydrogen) atoms. The Hall–Kier alpha value is -0.120. The zero-order chi connectivity index (χ0) is 13.7. The smallest absolute Gasteiger partial charge is 0.0599 e. The molecule has 2 N–H and O–H groups in total. The van der Waals surface area contributed by atoms with Gasteiger partial charge in [0.2, 0.25) is 0 Å². The Bertz CT molecular complexity index is 241. The van der Waals surface area contributed by atoms with E-state index in [1.165, 1.54) is 45.2 Å². The molecule has 3 nitrogen and oxygen atoms in total. The Balaban J connectivity index is 1.75. The first-order chi connectivity index (χ1) is 9.22. The van der Waals surface area contributed by atoms with Gasteiger partial charge in [0.05, 0.1) is 6.10 Å². The molecule has 0 aromatic rings. The van der Waals surface area contributed by atoms with Crippen molar-refractivity contribution in [1.82, 2.24) is 4.90 Å². The summed E-state index contributed by atoms with van der Waals surface area (Å²) in [7, 11) is 0. The summed E-state index contributed by atoms with van der Waals surface area (Å²) in [5, 5.41) is 0. The van der Waals surface area contributed by atoms with Gasteiger partial charge in [-0.15, -0.1) is 0 Å². The third kappa shape index (κ3) is 4.17. The van der Waals surface area contributed by atoms with E-state index in [2.05, 4.69) is 18.7 Å². The molecule has 2 unspecified atom stereocenters. The van der Waals surface area contributed by atoms with Crippen molar-refractivity contribution in [3.8, 4) is 0 Å². The summed E-state index contributed by atoms with van der Waals surface area (Å²) in [4.78, 5) is 2.75. The number of likely N-dealkylation sites (tertiary alicyclic amines) is 1. The maximum Gasteiger partial charge on any atom is 0.0599 e. The molecule has 1 aliphatic carbocycles. The lowest BCUT2D eigenvalue weighted by Gasteiger charge is -2.45. The van der Waals surface area contributed by atoms with Gasteiger partial charge in [-0.2, -0.15) is 0 Å². The first-order valence-corrected chi connectivity index (χ1v) is 8.28. The Kier molecular flexibility index (Phi) is 6.11. The molecule has 0 amide bonds. The van der Waals surface area contributed by atoms with E-state index >= 15 is 0 Å². The largest absolute Gasteiger partial charge is 0.378 e. The number of rotatable bonds is 5. The Morgan fingerprint density at radius 2 is 1.68 bits per heavy atom. The minimum atomic E-state index is 0.483. The highest BCUT2D eigenvalue weighted by Crippen LogP contribution is 2.34. The summed E-state index contributed by atoms with van der Waals surface area (Å²) in [6.07, 6.45) is 8.16. The van der Waals surface area contributed by atoms with E-state index in [9.17, 15) is 0 Å². The van der Waals surface area contributed by atoms with Crippen LogP contribution < -0.4 is 5.73 Å². The Morgan fingerprint density at radius 1 is 1.05 bits per heavy atom. The molecule has 1 aliphatic heterocycles. The lowest BCUT2D eigenvalue weighted by molar-refractivity contribution is -0.0233. The quantitative estimate of drug-likeness (QED) is 0.779. The van der Waals surface area contributed by atoms with Crippen LogP contribution in [0.2, 0.25) is 0 Å². The van der Waals surface area contributed by atoms with Gasteiger partial charge in [-0.05, 0) is 50.5 Å². The summed E-state index contributed by atoms with van der Waals surface area (Å²) in [6, 6.07) is 0.818. The molecule has 3 heteroatoms. The van der Waals surface area contributed by atoms with Crippen molar-refractivity contribution in [3.05, 3.63) is 0 Å². The molecule has 2 rings (SSSR count). The maximum atomic E-state index is 5.91. The standard InChI is InChI=1S/C16H32N2O/c1-13-5-3-6-14(2)16(13)18-10-7-15(8-11-18)19-12-4-9-17/h13-16H,3-12,17H2,1-2H3. The van der Waals surface area contributed by atoms with Gasteiger partial charge in [0.15, 0.2) is 0 Å². The van der Waals surface area contributed by atoms with Crippen LogP contribution in [0.25, 0.3) is 0 Å². The molecule has 2 fully saturated rings. The van der Waals surface area contributed by atoms with E-state index in [0.29, 0.717) is 6.10 Å². The van der Waals surface area contributed by atoms with Crippen molar-refractivity contribution in [1.29, 1.82) is 0 Å². The number of hydrogen-bond donors (Lipinski definition) is 1. The van der Waals surface area contributed by atoms with Gasteiger partial charge in [-0.1, -0.05) is 20.3 Å². The minimum absolute atomic E-state index is 0.483. The molecule has 1 heterocycles. The highest BCUT2D eigenvalue weighted by molar-refractivity contribution is 4.88. The van der Waals surface area contributed by atoms with Crippen LogP contribution in [0.4, 0.5) is 0 Å². The maximum absolute atomic E-state index is 5.91. The summed E-state index contributed by atoms with van der Waals surface area (Å²) in [5.74, 6) is 1.75. The van der Waals surface area contributed by atoms with Crippen LogP contribution in [-0.4, -0.2) is 43.3 Å². The number of nitrogens with two attached hydrogens (primary N) is 1. The second-order valence-electron chi connectivity index (χ2n) is 6.62. The van der Waals surface area contributed by atoms with Crippen LogP contribution in [-0.2, 0) is 4.74 Å². The molecule has 0 aromatic carbocycles. The fourth-order valence-corrected chi connectivity index (χ4v) is 4.06. The highest BCUT2D eigenvalue weighted by atomic mass is 16.5. The lowest BCUT2D eigenvalue weighted by atomic mass is 9.77. The first kappa shape index (κ1) is 15.3. The summed E-state index contributed by atoms with van der Waals surface area (Å²) in [5.41, 5.74) is 5.51. The van der Waals surface area contributed by atoms with Gasteiger partial charge in [0, 0.05) is 25.7 Å². The molecule has 0 spiro atoms. The van der Waals surface area contributed by atoms with E-state index in [1.807, 2.05) is 0 Å². The van der Waals surface area contributed by atoms with Crippen LogP contribution in [0.1, 0.15) is 52.4 Å². The van der Waals surface area contributed by atoms with Crippen LogP contribution in [0.3, 0.4) is 0 Å². The second kappa shape index (κ2) is 7.61. The van der Waals surface area contributed by atoms with Crippen molar-refractivity contribution in [2.24, 2.45) is 17.6 Å². The van der Waals surface area contributed by atoms with E-state index in [4.69, 9.17) is 10.5 Å². The lowest BCUT2D eigenvalue weighted by Crippen LogP contribution is -2.50. The van der Waals surface area contributed by atoms with Crippen LogP contribution >= 0.6 is 0 Å². The third-order valence-electron chi connectivity index (χ3n) is 5.09. The van der Waals surface area contributed by atoms with Gasteiger partial charge < -0.3 is 10.5 Å². The van der Waals surface area contributed by atoms with Crippen LogP contribution in [0.15, 0.2) is 0 Å². The molecule has 0 radical (unpaired) electrons. The van der Waals surface area contributed by atoms with Crippen molar-refractivity contribution < 1.29 is 4.74 Å². The fraction of sp³-hybridized carbons (Fsp3) is 1.00. The molecule has 0 aromatic heterocycles. The molecule has 2 aliphatic rings. The van der Waals surface area contributed by atoms with Gasteiger partial charge >= 0.3 is 0 Å². The predicted octanol–water partition coefficient (Wildman–Crippen LogP) is 2.64. The number of ether oxygens (including phenoxy) is 1. The second-order valence-corrected chi connectivity index (χ2v) is 6.62. The molecule has 1 saturated heterocycles. The molecule has 0 bridgehead atoms. The predicted molar refractivity (Wildman–Crippen MR) is 80.2 cm³/mol. The third-order valence-corrected chi connectivity index (χ3v) is 5.09. The monoisotopic (exact) mass is 268 g/mol. The Morgan fingerprint density at radius 3 is 2.26 bits per heavy atom. The normalized spacial score (nSPS) is 34.6. The number of nitrogens with zero attached hydrogens (tertiary/aromatic N) is 1. The summed E-state index contributed by atoms with van der Waals surface area (Å²) >= 11 is 0. The van der Waals surface area contributed by atoms with E-state index in [0.717, 1.165) is 37.5 Å². The van der Waals surface area contributed by atoms with Crippen molar-refractivity contribution in [3.63, 3.8) is 0 Å². The van der Waals surface area contributed by atoms with Crippen molar-refractivity contribution in [2.45, 2.75) is 64.5 Å². The number of piperidine rings is 1. The molecule has 112 valence electrons. The zero-order valence-corrected chi connectivity index (χ0v) is 12.8. The average molecular weight is 268 g/mol. The van der Waals surface area contributed by atoms with Gasteiger partial charge in [-0.25, -0.2) is 0 Å². The first-order valence-electron chi connectivity index (χ1n) is 8.28. The fourth-order valence-electron chi connectivity index (χ4n) is 4.06. The van der Waals surface area contributed by atoms with Crippen LogP contribution in [0, 0.1) is 11.8 Å². The average Bonchev–Trinajstić information content (AvgIpc) is 2.40.